The summed E-state index contributed by atoms with van der Waals surface area (Å²) < 4.78 is 22.2. The molecule has 2 aliphatic heterocycles. The molecule has 2 atom stereocenters. The molecule has 0 amide bonds. The van der Waals surface area contributed by atoms with Gasteiger partial charge in [0.15, 0.2) is 0 Å². The van der Waals surface area contributed by atoms with Crippen molar-refractivity contribution in [3.63, 3.8) is 0 Å². The van der Waals surface area contributed by atoms with Crippen LogP contribution in [0.2, 0.25) is 0 Å². The molecular formula is C38H36N6O4. The molecule has 3 aromatic carbocycles. The number of hydrogen-bond donors (Lipinski definition) is 0. The third-order valence-electron chi connectivity index (χ3n) is 7.81. The molecule has 3 aromatic rings. The molecule has 48 heavy (non-hydrogen) atoms. The lowest BCUT2D eigenvalue weighted by Crippen LogP contribution is -2.28. The summed E-state index contributed by atoms with van der Waals surface area (Å²) in [6.45, 7) is 6.51. The Morgan fingerprint density at radius 3 is 1.27 bits per heavy atom. The molecule has 10 heteroatoms. The van der Waals surface area contributed by atoms with Gasteiger partial charge in [0.1, 0.15) is 47.6 Å². The second-order valence-electron chi connectivity index (χ2n) is 11.5. The summed E-state index contributed by atoms with van der Waals surface area (Å²) in [6, 6.07) is 31.8. The summed E-state index contributed by atoms with van der Waals surface area (Å²) in [5.74, 6) is 0. The van der Waals surface area contributed by atoms with E-state index in [0.717, 1.165) is 46.8 Å². The predicted octanol–water partition coefficient (Wildman–Crippen LogP) is 5.39. The first-order valence-corrected chi connectivity index (χ1v) is 15.8. The fraction of sp³-hybridized carbons (Fsp3) is 0.316. The maximum atomic E-state index is 9.10. The van der Waals surface area contributed by atoms with Gasteiger partial charge in [-0.15, -0.1) is 0 Å². The van der Waals surface area contributed by atoms with E-state index in [-0.39, 0.29) is 23.4 Å². The Balaban J connectivity index is 1.26. The zero-order chi connectivity index (χ0) is 33.6. The molecule has 2 aliphatic rings. The minimum atomic E-state index is 0.0632. The predicted molar refractivity (Wildman–Crippen MR) is 181 cm³/mol. The molecule has 2 fully saturated rings. The Morgan fingerprint density at radius 2 is 0.958 bits per heavy atom. The van der Waals surface area contributed by atoms with Gasteiger partial charge >= 0.3 is 0 Å². The Morgan fingerprint density at radius 1 is 0.604 bits per heavy atom. The van der Waals surface area contributed by atoms with E-state index >= 15 is 0 Å². The fourth-order valence-electron chi connectivity index (χ4n) is 4.97. The van der Waals surface area contributed by atoms with Gasteiger partial charge in [0.25, 0.3) is 0 Å². The van der Waals surface area contributed by atoms with Gasteiger partial charge in [0, 0.05) is 37.6 Å². The van der Waals surface area contributed by atoms with Crippen LogP contribution in [0.5, 0.6) is 0 Å². The normalized spacial score (nSPS) is 15.5. The summed E-state index contributed by atoms with van der Waals surface area (Å²) in [7, 11) is 0. The van der Waals surface area contributed by atoms with Gasteiger partial charge in [-0.1, -0.05) is 48.5 Å². The molecule has 242 valence electrons. The lowest BCUT2D eigenvalue weighted by atomic mass is 10.1. The number of anilines is 2. The zero-order valence-electron chi connectivity index (χ0n) is 26.6. The van der Waals surface area contributed by atoms with Crippen LogP contribution in [0.3, 0.4) is 0 Å². The van der Waals surface area contributed by atoms with Crippen LogP contribution in [0.4, 0.5) is 11.4 Å². The van der Waals surface area contributed by atoms with E-state index in [1.807, 2.05) is 72.8 Å². The SMILES string of the molecule is N#CC(C#N)=Cc1ccc(N(CCOCC2CO2)Cc2ccc(CN(CCOCC3CO3)c3ccc(C=C(C#N)C#N)cc3)cc2)cc1. The summed E-state index contributed by atoms with van der Waals surface area (Å²) in [6.07, 6.45) is 3.57. The van der Waals surface area contributed by atoms with E-state index < -0.39 is 0 Å². The van der Waals surface area contributed by atoms with E-state index in [0.29, 0.717) is 52.6 Å². The highest BCUT2D eigenvalue weighted by Gasteiger charge is 2.23. The smallest absolute Gasteiger partial charge is 0.130 e. The van der Waals surface area contributed by atoms with Crippen molar-refractivity contribution in [1.82, 2.24) is 0 Å². The number of benzene rings is 3. The summed E-state index contributed by atoms with van der Waals surface area (Å²) in [5.41, 5.74) is 6.02. The van der Waals surface area contributed by atoms with E-state index in [2.05, 4.69) is 34.1 Å². The quantitative estimate of drug-likeness (QED) is 0.101. The first kappa shape index (κ1) is 33.9. The Bertz CT molecular complexity index is 1570. The lowest BCUT2D eigenvalue weighted by molar-refractivity contribution is 0.121. The minimum absolute atomic E-state index is 0.0632. The van der Waals surface area contributed by atoms with Crippen LogP contribution in [-0.4, -0.2) is 64.9 Å². The van der Waals surface area contributed by atoms with Crippen molar-refractivity contribution in [1.29, 1.82) is 21.0 Å². The van der Waals surface area contributed by atoms with E-state index in [1.54, 1.807) is 12.2 Å². The molecule has 0 radical (unpaired) electrons. The highest BCUT2D eigenvalue weighted by atomic mass is 16.6. The topological polar surface area (TPSA) is 145 Å². The number of rotatable bonds is 18. The molecule has 2 saturated heterocycles. The number of epoxide rings is 2. The highest BCUT2D eigenvalue weighted by molar-refractivity contribution is 5.65. The molecule has 2 heterocycles. The summed E-state index contributed by atoms with van der Waals surface area (Å²) in [4.78, 5) is 4.50. The number of ether oxygens (including phenoxy) is 4. The van der Waals surface area contributed by atoms with Crippen molar-refractivity contribution in [2.24, 2.45) is 0 Å². The number of nitrogens with zero attached hydrogens (tertiary/aromatic N) is 6. The Hall–Kier alpha value is -5.46. The van der Waals surface area contributed by atoms with Crippen LogP contribution in [0, 0.1) is 45.3 Å². The second kappa shape index (κ2) is 17.5. The molecule has 10 nitrogen and oxygen atoms in total. The van der Waals surface area contributed by atoms with Crippen molar-refractivity contribution in [2.45, 2.75) is 25.3 Å². The van der Waals surface area contributed by atoms with Gasteiger partial charge in [0.2, 0.25) is 0 Å². The van der Waals surface area contributed by atoms with E-state index in [1.165, 1.54) is 0 Å². The largest absolute Gasteiger partial charge is 0.377 e. The molecule has 0 aromatic heterocycles. The Labute approximate surface area is 281 Å². The van der Waals surface area contributed by atoms with Crippen molar-refractivity contribution in [3.05, 3.63) is 106 Å². The maximum Gasteiger partial charge on any atom is 0.130 e. The van der Waals surface area contributed by atoms with Gasteiger partial charge in [-0.3, -0.25) is 0 Å². The lowest BCUT2D eigenvalue weighted by Gasteiger charge is -2.26. The van der Waals surface area contributed by atoms with Crippen LogP contribution in [0.15, 0.2) is 83.9 Å². The van der Waals surface area contributed by atoms with Crippen molar-refractivity contribution in [2.75, 3.05) is 62.5 Å². The van der Waals surface area contributed by atoms with E-state index in [9.17, 15) is 0 Å². The average Bonchev–Trinajstić information content (AvgIpc) is 4.07. The standard InChI is InChI=1S/C38H36N6O4/c39-19-33(20-40)17-29-5-9-35(10-6-29)43(13-15-45-25-37-27-47-37)23-31-1-2-32(4-3-31)24-44(14-16-46-26-38-28-48-38)36-11-7-30(8-12-36)18-34(21-41)22-42/h1-12,17-18,37-38H,13-16,23-28H2. The van der Waals surface area contributed by atoms with Crippen LogP contribution in [0.1, 0.15) is 22.3 Å². The zero-order valence-corrected chi connectivity index (χ0v) is 26.6. The molecule has 0 spiro atoms. The first-order chi connectivity index (χ1) is 23.6. The van der Waals surface area contributed by atoms with Crippen molar-refractivity contribution < 1.29 is 18.9 Å². The van der Waals surface area contributed by atoms with E-state index in [4.69, 9.17) is 40.0 Å². The molecule has 5 rings (SSSR count). The molecule has 0 saturated carbocycles. The average molecular weight is 641 g/mol. The molecule has 0 bridgehead atoms. The van der Waals surface area contributed by atoms with Gasteiger partial charge in [0.05, 0.1) is 39.6 Å². The van der Waals surface area contributed by atoms with Crippen LogP contribution in [-0.2, 0) is 32.0 Å². The fourth-order valence-corrected chi connectivity index (χ4v) is 4.97. The Kier molecular flexibility index (Phi) is 12.3. The number of allylic oxidation sites excluding steroid dienone is 2. The van der Waals surface area contributed by atoms with Crippen molar-refractivity contribution >= 4 is 23.5 Å². The number of nitriles is 4. The van der Waals surface area contributed by atoms with Gasteiger partial charge in [-0.25, -0.2) is 0 Å². The molecule has 0 aliphatic carbocycles. The third-order valence-corrected chi connectivity index (χ3v) is 7.81. The third kappa shape index (κ3) is 10.8. The molecule has 0 N–H and O–H groups in total. The summed E-state index contributed by atoms with van der Waals surface area (Å²) in [5, 5.41) is 36.4. The monoisotopic (exact) mass is 640 g/mol. The molecule has 2 unspecified atom stereocenters. The van der Waals surface area contributed by atoms with Gasteiger partial charge < -0.3 is 28.7 Å². The van der Waals surface area contributed by atoms with Gasteiger partial charge in [-0.05, 0) is 58.7 Å². The van der Waals surface area contributed by atoms with Crippen LogP contribution >= 0.6 is 0 Å². The second-order valence-corrected chi connectivity index (χ2v) is 11.5. The highest BCUT2D eigenvalue weighted by Crippen LogP contribution is 2.23. The number of hydrogen-bond acceptors (Lipinski definition) is 10. The van der Waals surface area contributed by atoms with Gasteiger partial charge in [-0.2, -0.15) is 21.0 Å². The molecular weight excluding hydrogens is 604 g/mol. The maximum absolute atomic E-state index is 9.10. The van der Waals surface area contributed by atoms with Crippen LogP contribution < -0.4 is 9.80 Å². The minimum Gasteiger partial charge on any atom is -0.377 e. The van der Waals surface area contributed by atoms with Crippen molar-refractivity contribution in [3.8, 4) is 24.3 Å². The van der Waals surface area contributed by atoms with Crippen LogP contribution in [0.25, 0.3) is 12.2 Å². The summed E-state index contributed by atoms with van der Waals surface area (Å²) >= 11 is 0. The first-order valence-electron chi connectivity index (χ1n) is 15.8.